The van der Waals surface area contributed by atoms with Gasteiger partial charge in [-0.1, -0.05) is 20.8 Å². The molecule has 0 radical (unpaired) electrons. The maximum Gasteiger partial charge on any atom is 0.109 e. The summed E-state index contributed by atoms with van der Waals surface area (Å²) in [4.78, 5) is 7.20. The minimum atomic E-state index is 0.246. The van der Waals surface area contributed by atoms with Crippen LogP contribution in [0.1, 0.15) is 52.8 Å². The minimum Gasteiger partial charge on any atom is -0.338 e. The SMILES string of the molecule is CCC1(C)CN(CCc2nccn2C)C(CC)(CC)CN1. The van der Waals surface area contributed by atoms with E-state index in [9.17, 15) is 0 Å². The van der Waals surface area contributed by atoms with E-state index in [1.807, 2.05) is 12.4 Å². The largest absolute Gasteiger partial charge is 0.338 e. The summed E-state index contributed by atoms with van der Waals surface area (Å²) in [6.45, 7) is 12.6. The molecule has 4 heteroatoms. The molecule has 21 heavy (non-hydrogen) atoms. The Balaban J connectivity index is 2.11. The topological polar surface area (TPSA) is 33.1 Å². The summed E-state index contributed by atoms with van der Waals surface area (Å²) in [5, 5.41) is 3.81. The molecule has 1 aliphatic rings. The van der Waals surface area contributed by atoms with Crippen molar-refractivity contribution in [1.29, 1.82) is 0 Å². The lowest BCUT2D eigenvalue weighted by Gasteiger charge is -2.53. The molecule has 1 aliphatic heterocycles. The predicted octanol–water partition coefficient (Wildman–Crippen LogP) is 2.60. The Bertz CT molecular complexity index is 449. The second-order valence-electron chi connectivity index (χ2n) is 6.83. The van der Waals surface area contributed by atoms with Crippen molar-refractivity contribution in [3.8, 4) is 0 Å². The van der Waals surface area contributed by atoms with E-state index in [0.29, 0.717) is 5.54 Å². The van der Waals surface area contributed by atoms with E-state index in [-0.39, 0.29) is 5.54 Å². The molecular weight excluding hydrogens is 260 g/mol. The Labute approximate surface area is 129 Å². The highest BCUT2D eigenvalue weighted by Crippen LogP contribution is 2.31. The molecular formula is C17H32N4. The van der Waals surface area contributed by atoms with Gasteiger partial charge in [0, 0.05) is 56.6 Å². The van der Waals surface area contributed by atoms with Crippen molar-refractivity contribution < 1.29 is 0 Å². The fourth-order valence-electron chi connectivity index (χ4n) is 3.51. The summed E-state index contributed by atoms with van der Waals surface area (Å²) in [6, 6.07) is 0. The van der Waals surface area contributed by atoms with Crippen LogP contribution in [0.2, 0.25) is 0 Å². The summed E-state index contributed by atoms with van der Waals surface area (Å²) < 4.78 is 2.14. The lowest BCUT2D eigenvalue weighted by molar-refractivity contribution is 0.00285. The van der Waals surface area contributed by atoms with Crippen molar-refractivity contribution in [2.24, 2.45) is 7.05 Å². The number of hydrogen-bond donors (Lipinski definition) is 1. The second kappa shape index (κ2) is 6.49. The third-order valence-corrected chi connectivity index (χ3v) is 5.68. The van der Waals surface area contributed by atoms with E-state index in [1.165, 1.54) is 25.1 Å². The van der Waals surface area contributed by atoms with Crippen LogP contribution < -0.4 is 5.32 Å². The molecule has 2 heterocycles. The molecule has 0 saturated carbocycles. The average molecular weight is 292 g/mol. The summed E-state index contributed by atoms with van der Waals surface area (Å²) in [5.41, 5.74) is 0.551. The predicted molar refractivity (Wildman–Crippen MR) is 88.5 cm³/mol. The summed E-state index contributed by atoms with van der Waals surface area (Å²) in [6.07, 6.45) is 8.56. The third kappa shape index (κ3) is 3.32. The Hall–Kier alpha value is -0.870. The molecule has 2 rings (SSSR count). The monoisotopic (exact) mass is 292 g/mol. The molecule has 120 valence electrons. The smallest absolute Gasteiger partial charge is 0.109 e. The third-order valence-electron chi connectivity index (χ3n) is 5.68. The van der Waals surface area contributed by atoms with Crippen LogP contribution in [0.15, 0.2) is 12.4 Å². The molecule has 1 aromatic rings. The molecule has 4 nitrogen and oxygen atoms in total. The highest BCUT2D eigenvalue weighted by Gasteiger charge is 2.42. The molecule has 1 unspecified atom stereocenters. The average Bonchev–Trinajstić information content (AvgIpc) is 2.91. The lowest BCUT2D eigenvalue weighted by Crippen LogP contribution is -2.68. The van der Waals surface area contributed by atoms with Gasteiger partial charge in [0.1, 0.15) is 5.82 Å². The van der Waals surface area contributed by atoms with Crippen molar-refractivity contribution in [3.63, 3.8) is 0 Å². The molecule has 0 amide bonds. The molecule has 0 aromatic carbocycles. The highest BCUT2D eigenvalue weighted by atomic mass is 15.3. The molecule has 0 spiro atoms. The van der Waals surface area contributed by atoms with Crippen molar-refractivity contribution in [2.75, 3.05) is 19.6 Å². The first-order valence-electron chi connectivity index (χ1n) is 8.45. The molecule has 1 aromatic heterocycles. The maximum atomic E-state index is 4.48. The quantitative estimate of drug-likeness (QED) is 0.875. The van der Waals surface area contributed by atoms with Gasteiger partial charge < -0.3 is 9.88 Å². The van der Waals surface area contributed by atoms with Crippen molar-refractivity contribution in [3.05, 3.63) is 18.2 Å². The number of nitrogens with zero attached hydrogens (tertiary/aromatic N) is 3. The van der Waals surface area contributed by atoms with Crippen LogP contribution in [0.5, 0.6) is 0 Å². The zero-order valence-corrected chi connectivity index (χ0v) is 14.4. The number of hydrogen-bond acceptors (Lipinski definition) is 3. The number of nitrogens with one attached hydrogen (secondary N) is 1. The molecule has 1 saturated heterocycles. The summed E-state index contributed by atoms with van der Waals surface area (Å²) >= 11 is 0. The zero-order chi connectivity index (χ0) is 15.5. The van der Waals surface area contributed by atoms with Gasteiger partial charge in [0.15, 0.2) is 0 Å². The van der Waals surface area contributed by atoms with Crippen LogP contribution >= 0.6 is 0 Å². The number of aromatic nitrogens is 2. The van der Waals surface area contributed by atoms with Gasteiger partial charge in [0.2, 0.25) is 0 Å². The minimum absolute atomic E-state index is 0.246. The number of imidazole rings is 1. The van der Waals surface area contributed by atoms with Crippen LogP contribution in [-0.2, 0) is 13.5 Å². The first-order valence-corrected chi connectivity index (χ1v) is 8.45. The molecule has 1 N–H and O–H groups in total. The highest BCUT2D eigenvalue weighted by molar-refractivity contribution is 5.03. The molecule has 1 fully saturated rings. The summed E-state index contributed by atoms with van der Waals surface area (Å²) in [5.74, 6) is 1.19. The van der Waals surface area contributed by atoms with E-state index in [2.05, 4.69) is 54.5 Å². The van der Waals surface area contributed by atoms with Crippen molar-refractivity contribution in [2.45, 2.75) is 64.5 Å². The second-order valence-corrected chi connectivity index (χ2v) is 6.83. The van der Waals surface area contributed by atoms with E-state index < -0.39 is 0 Å². The van der Waals surface area contributed by atoms with Crippen molar-refractivity contribution in [1.82, 2.24) is 19.8 Å². The van der Waals surface area contributed by atoms with Crippen LogP contribution in [-0.4, -0.2) is 45.2 Å². The fraction of sp³-hybridized carbons (Fsp3) is 0.824. The Morgan fingerprint density at radius 3 is 2.48 bits per heavy atom. The van der Waals surface area contributed by atoms with Crippen LogP contribution in [0.4, 0.5) is 0 Å². The van der Waals surface area contributed by atoms with Gasteiger partial charge >= 0.3 is 0 Å². The van der Waals surface area contributed by atoms with Gasteiger partial charge in [0.05, 0.1) is 0 Å². The Kier molecular flexibility index (Phi) is 5.10. The number of aryl methyl sites for hydroxylation is 1. The van der Waals surface area contributed by atoms with Gasteiger partial charge in [-0.2, -0.15) is 0 Å². The van der Waals surface area contributed by atoms with E-state index in [4.69, 9.17) is 0 Å². The zero-order valence-electron chi connectivity index (χ0n) is 14.4. The maximum absolute atomic E-state index is 4.48. The first-order chi connectivity index (χ1) is 9.98. The lowest BCUT2D eigenvalue weighted by atomic mass is 9.82. The fourth-order valence-corrected chi connectivity index (χ4v) is 3.51. The molecule has 0 aliphatic carbocycles. The Morgan fingerprint density at radius 2 is 1.95 bits per heavy atom. The normalized spacial score (nSPS) is 26.1. The van der Waals surface area contributed by atoms with E-state index in [0.717, 1.165) is 26.1 Å². The van der Waals surface area contributed by atoms with E-state index in [1.54, 1.807) is 0 Å². The standard InChI is InChI=1S/C17H32N4/c1-6-16(4)14-21(17(7-2,8-3)13-19-16)11-9-15-18-10-12-20(15)5/h10,12,19H,6-9,11,13-14H2,1-5H3. The van der Waals surface area contributed by atoms with Crippen molar-refractivity contribution >= 4 is 0 Å². The van der Waals surface area contributed by atoms with Crippen LogP contribution in [0.25, 0.3) is 0 Å². The molecule has 1 atom stereocenters. The van der Waals surface area contributed by atoms with Crippen LogP contribution in [0, 0.1) is 0 Å². The number of piperazine rings is 1. The first kappa shape index (κ1) is 16.5. The van der Waals surface area contributed by atoms with Gasteiger partial charge in [0.25, 0.3) is 0 Å². The van der Waals surface area contributed by atoms with E-state index >= 15 is 0 Å². The van der Waals surface area contributed by atoms with Gasteiger partial charge in [-0.15, -0.1) is 0 Å². The molecule has 0 bridgehead atoms. The van der Waals surface area contributed by atoms with Gasteiger partial charge in [-0.05, 0) is 26.2 Å². The number of rotatable bonds is 6. The van der Waals surface area contributed by atoms with Crippen LogP contribution in [0.3, 0.4) is 0 Å². The Morgan fingerprint density at radius 1 is 1.24 bits per heavy atom. The van der Waals surface area contributed by atoms with Gasteiger partial charge in [-0.3, -0.25) is 4.90 Å². The van der Waals surface area contributed by atoms with Gasteiger partial charge in [-0.25, -0.2) is 4.98 Å². The summed E-state index contributed by atoms with van der Waals surface area (Å²) in [7, 11) is 2.09.